The second-order valence-electron chi connectivity index (χ2n) is 19.7. The Kier molecular flexibility index (Phi) is 12.7. The van der Waals surface area contributed by atoms with Gasteiger partial charge in [-0.25, -0.2) is 0 Å². The lowest BCUT2D eigenvalue weighted by Gasteiger charge is -2.55. The Hall–Kier alpha value is -3.19. The Bertz CT molecular complexity index is 1820. The fraction of sp³-hybridized carbons (Fsp3) is 0.705. The molecule has 0 amide bonds. The predicted molar refractivity (Wildman–Crippen MR) is 225 cm³/mol. The average Bonchev–Trinajstić information content (AvgIpc) is 3.47. The molecular formula is C44H70N4O7Si. The zero-order valence-corrected chi connectivity index (χ0v) is 38.1. The fourth-order valence-corrected chi connectivity index (χ4v) is 10.4. The number of ether oxygens (including phenoxy) is 2. The van der Waals surface area contributed by atoms with Crippen LogP contribution in [0.3, 0.4) is 0 Å². The van der Waals surface area contributed by atoms with E-state index in [1.165, 1.54) is 0 Å². The maximum Gasteiger partial charge on any atom is 0.265 e. The number of rotatable bonds is 15. The number of ketones is 2. The second-order valence-corrected chi connectivity index (χ2v) is 24.4. The number of aliphatic hydroxyl groups is 1. The first-order chi connectivity index (χ1) is 26.0. The highest BCUT2D eigenvalue weighted by Crippen LogP contribution is 2.60. The summed E-state index contributed by atoms with van der Waals surface area (Å²) in [6.07, 6.45) is 4.36. The van der Waals surface area contributed by atoms with Crippen LogP contribution in [0.15, 0.2) is 21.9 Å². The molecule has 0 saturated heterocycles. The number of anilines is 1. The van der Waals surface area contributed by atoms with E-state index in [2.05, 4.69) is 90.5 Å². The van der Waals surface area contributed by atoms with Gasteiger partial charge in [-0.05, 0) is 98.6 Å². The first-order valence-corrected chi connectivity index (χ1v) is 23.6. The molecule has 11 nitrogen and oxygen atoms in total. The topological polar surface area (TPSA) is 118 Å². The molecule has 12 heteroatoms. The zero-order chi connectivity index (χ0) is 41.7. The van der Waals surface area contributed by atoms with E-state index in [1.807, 2.05) is 39.2 Å². The van der Waals surface area contributed by atoms with Crippen LogP contribution in [0.2, 0.25) is 18.1 Å². The molecule has 1 aromatic heterocycles. The standard InChI is InChI=1S/C44H70N4O7Si/c1-16-18-20-52-31-24-28(25-48(13)26-42(3,4)5)35(46(9)10)29-22-27-23-30-36(47(11)12)38-34(41(45-54-38)53-21-19-17-2)40(51)44(30,55-56(14,15)43(6,7)8)39(50)32(27)37(49)33(29)31/h24,27,30,36,50H,16-23,25-26H2,1-15H3/t27-,30-,36-,44-/m0/s1. The van der Waals surface area contributed by atoms with Gasteiger partial charge >= 0.3 is 0 Å². The minimum atomic E-state index is -2.83. The van der Waals surface area contributed by atoms with Gasteiger partial charge in [0.1, 0.15) is 17.1 Å². The molecule has 2 aromatic rings. The summed E-state index contributed by atoms with van der Waals surface area (Å²) in [5.74, 6) is -0.987. The number of carbonyl (C=O) groups is 2. The van der Waals surface area contributed by atoms with Gasteiger partial charge in [-0.1, -0.05) is 68.2 Å². The predicted octanol–water partition coefficient (Wildman–Crippen LogP) is 9.02. The third kappa shape index (κ3) is 7.96. The summed E-state index contributed by atoms with van der Waals surface area (Å²) in [5.41, 5.74) is 2.14. The van der Waals surface area contributed by atoms with Crippen molar-refractivity contribution in [3.63, 3.8) is 0 Å². The minimum absolute atomic E-state index is 0.0994. The summed E-state index contributed by atoms with van der Waals surface area (Å²) in [7, 11) is 7.26. The van der Waals surface area contributed by atoms with Crippen LogP contribution >= 0.6 is 0 Å². The van der Waals surface area contributed by atoms with Gasteiger partial charge in [0.2, 0.25) is 5.78 Å². The van der Waals surface area contributed by atoms with E-state index in [-0.39, 0.29) is 44.9 Å². The van der Waals surface area contributed by atoms with Crippen LogP contribution < -0.4 is 14.4 Å². The molecule has 56 heavy (non-hydrogen) atoms. The van der Waals surface area contributed by atoms with Crippen LogP contribution in [0, 0.1) is 17.3 Å². The highest BCUT2D eigenvalue weighted by molar-refractivity contribution is 6.74. The fourth-order valence-electron chi connectivity index (χ4n) is 8.93. The number of fused-ring (bicyclic) bond motifs is 4. The quantitative estimate of drug-likeness (QED) is 0.138. The molecule has 0 radical (unpaired) electrons. The summed E-state index contributed by atoms with van der Waals surface area (Å²) in [5, 5.41) is 17.0. The van der Waals surface area contributed by atoms with E-state index < -0.39 is 31.7 Å². The van der Waals surface area contributed by atoms with Gasteiger partial charge in [-0.3, -0.25) is 14.5 Å². The molecular weight excluding hydrogens is 725 g/mol. The number of hydrogen-bond donors (Lipinski definition) is 1. The Labute approximate surface area is 337 Å². The van der Waals surface area contributed by atoms with E-state index in [9.17, 15) is 5.11 Å². The highest BCUT2D eigenvalue weighted by Gasteiger charge is 2.67. The molecule has 0 unspecified atom stereocenters. The number of unbranched alkanes of at least 4 members (excludes halogenated alkanes) is 2. The van der Waals surface area contributed by atoms with Crippen LogP contribution in [0.25, 0.3) is 0 Å². The number of aromatic nitrogens is 1. The van der Waals surface area contributed by atoms with E-state index in [4.69, 9.17) is 18.4 Å². The van der Waals surface area contributed by atoms with E-state index >= 15 is 9.59 Å². The van der Waals surface area contributed by atoms with Gasteiger partial charge in [-0.15, -0.1) is 0 Å². The third-order valence-electron chi connectivity index (χ3n) is 12.2. The summed E-state index contributed by atoms with van der Waals surface area (Å²) in [6.45, 7) is 23.8. The molecule has 0 saturated carbocycles. The minimum Gasteiger partial charge on any atom is -0.508 e. The zero-order valence-electron chi connectivity index (χ0n) is 37.1. The van der Waals surface area contributed by atoms with Crippen molar-refractivity contribution in [3.05, 3.63) is 45.4 Å². The molecule has 4 atom stereocenters. The SMILES string of the molecule is CCCCOc1cc(CN(C)CC(C)(C)C)c(N(C)C)c2c1C(=O)C1=C(O)[C@]3(O[Si](C)(C)C(C)(C)C)C(=O)c4c(OCCCC)noc4[C@@H](N(C)C)[C@@H]3C[C@@H]1C2. The molecule has 3 aliphatic carbocycles. The summed E-state index contributed by atoms with van der Waals surface area (Å²) in [6, 6.07) is 1.53. The Morgan fingerprint density at radius 2 is 1.59 bits per heavy atom. The van der Waals surface area contributed by atoms with Crippen LogP contribution in [0.5, 0.6) is 11.6 Å². The van der Waals surface area contributed by atoms with E-state index in [0.29, 0.717) is 49.7 Å². The van der Waals surface area contributed by atoms with Gasteiger partial charge in [0.25, 0.3) is 5.88 Å². The number of hydrogen-bond acceptors (Lipinski definition) is 11. The van der Waals surface area contributed by atoms with Crippen LogP contribution in [-0.4, -0.2) is 101 Å². The number of Topliss-reactive ketones (excluding diaryl/α,β-unsaturated/α-hetero) is 2. The van der Waals surface area contributed by atoms with E-state index in [0.717, 1.165) is 49.0 Å². The number of aliphatic hydroxyl groups excluding tert-OH is 1. The van der Waals surface area contributed by atoms with E-state index in [1.54, 1.807) is 0 Å². The molecule has 0 spiro atoms. The Morgan fingerprint density at radius 1 is 0.964 bits per heavy atom. The lowest BCUT2D eigenvalue weighted by Crippen LogP contribution is -2.65. The smallest absolute Gasteiger partial charge is 0.265 e. The Morgan fingerprint density at radius 3 is 2.14 bits per heavy atom. The van der Waals surface area contributed by atoms with Gasteiger partial charge in [0.05, 0.1) is 24.8 Å². The lowest BCUT2D eigenvalue weighted by atomic mass is 9.58. The lowest BCUT2D eigenvalue weighted by molar-refractivity contribution is -0.0480. The maximum absolute atomic E-state index is 15.5. The van der Waals surface area contributed by atoms with Crippen molar-refractivity contribution in [2.45, 2.75) is 130 Å². The average molecular weight is 795 g/mol. The molecule has 0 aliphatic heterocycles. The maximum atomic E-state index is 15.5. The van der Waals surface area contributed by atoms with Gasteiger partial charge in [-0.2, -0.15) is 0 Å². The van der Waals surface area contributed by atoms with Crippen molar-refractivity contribution >= 4 is 25.6 Å². The number of benzene rings is 1. The number of carbonyl (C=O) groups excluding carboxylic acids is 2. The van der Waals surface area contributed by atoms with Crippen LogP contribution in [0.1, 0.15) is 131 Å². The van der Waals surface area contributed by atoms with Crippen molar-refractivity contribution in [2.75, 3.05) is 59.9 Å². The third-order valence-corrected chi connectivity index (χ3v) is 16.7. The van der Waals surface area contributed by atoms with Crippen LogP contribution in [-0.2, 0) is 17.4 Å². The monoisotopic (exact) mass is 795 g/mol. The molecule has 5 rings (SSSR count). The largest absolute Gasteiger partial charge is 0.508 e. The first-order valence-electron chi connectivity index (χ1n) is 20.7. The van der Waals surface area contributed by atoms with Crippen molar-refractivity contribution in [3.8, 4) is 11.6 Å². The number of nitrogens with zero attached hydrogens (tertiary/aromatic N) is 4. The molecule has 312 valence electrons. The summed E-state index contributed by atoms with van der Waals surface area (Å²) >= 11 is 0. The molecule has 1 aromatic carbocycles. The van der Waals surface area contributed by atoms with Crippen molar-refractivity contribution in [1.29, 1.82) is 0 Å². The first kappa shape index (κ1) is 43.9. The van der Waals surface area contributed by atoms with Crippen LogP contribution in [0.4, 0.5) is 5.69 Å². The van der Waals surface area contributed by atoms with Crippen molar-refractivity contribution < 1.29 is 33.1 Å². The Balaban J connectivity index is 1.79. The van der Waals surface area contributed by atoms with Crippen molar-refractivity contribution in [1.82, 2.24) is 15.0 Å². The molecule has 1 N–H and O–H groups in total. The summed E-state index contributed by atoms with van der Waals surface area (Å²) in [4.78, 5) is 37.3. The second kappa shape index (κ2) is 16.2. The van der Waals surface area contributed by atoms with Gasteiger partial charge in [0, 0.05) is 44.4 Å². The molecule has 0 bridgehead atoms. The van der Waals surface area contributed by atoms with Gasteiger partial charge < -0.3 is 33.3 Å². The molecule has 1 heterocycles. The normalized spacial score (nSPS) is 22.6. The van der Waals surface area contributed by atoms with Crippen molar-refractivity contribution in [2.24, 2.45) is 17.3 Å². The van der Waals surface area contributed by atoms with Gasteiger partial charge in [0.15, 0.2) is 25.5 Å². The number of allylic oxidation sites excluding steroid dienone is 1. The summed E-state index contributed by atoms with van der Waals surface area (Å²) < 4.78 is 26.0. The molecule has 3 aliphatic rings. The highest BCUT2D eigenvalue weighted by atomic mass is 28.4. The molecule has 0 fully saturated rings.